The van der Waals surface area contributed by atoms with Gasteiger partial charge < -0.3 is 4.74 Å². The van der Waals surface area contributed by atoms with Crippen molar-refractivity contribution >= 4 is 15.9 Å². The van der Waals surface area contributed by atoms with Crippen molar-refractivity contribution in [2.24, 2.45) is 0 Å². The second kappa shape index (κ2) is 6.14. The maximum absolute atomic E-state index is 13.4. The molecule has 0 aliphatic heterocycles. The molecule has 78 valence electrons. The minimum Gasteiger partial charge on any atom is -0.381 e. The van der Waals surface area contributed by atoms with Gasteiger partial charge in [0, 0.05) is 17.9 Å². The van der Waals surface area contributed by atoms with Crippen molar-refractivity contribution < 1.29 is 9.13 Å². The summed E-state index contributed by atoms with van der Waals surface area (Å²) >= 11 is 3.37. The minimum absolute atomic E-state index is 0.0937. The molecule has 1 unspecified atom stereocenters. The number of rotatable bonds is 5. The van der Waals surface area contributed by atoms with Crippen molar-refractivity contribution in [3.05, 3.63) is 35.6 Å². The molecule has 1 atom stereocenters. The normalized spacial score (nSPS) is 12.8. The van der Waals surface area contributed by atoms with E-state index in [9.17, 15) is 4.39 Å². The first-order valence-electron chi connectivity index (χ1n) is 4.67. The molecule has 0 amide bonds. The lowest BCUT2D eigenvalue weighted by Crippen LogP contribution is -2.10. The molecule has 0 heterocycles. The monoisotopic (exact) mass is 260 g/mol. The molecule has 0 aliphatic carbocycles. The summed E-state index contributed by atoms with van der Waals surface area (Å²) in [5, 5.41) is 0.716. The van der Waals surface area contributed by atoms with Crippen LogP contribution in [0.25, 0.3) is 0 Å². The van der Waals surface area contributed by atoms with Gasteiger partial charge in [-0.2, -0.15) is 0 Å². The molecule has 0 bridgehead atoms. The largest absolute Gasteiger partial charge is 0.381 e. The van der Waals surface area contributed by atoms with Crippen LogP contribution < -0.4 is 0 Å². The Morgan fingerprint density at radius 3 is 2.71 bits per heavy atom. The molecule has 1 aromatic rings. The first kappa shape index (κ1) is 11.7. The Kier molecular flexibility index (Phi) is 5.12. The SMILES string of the molecule is CCOCC(CBr)c1ccccc1F. The number of hydrogen-bond donors (Lipinski definition) is 0. The molecule has 0 radical (unpaired) electrons. The highest BCUT2D eigenvalue weighted by Crippen LogP contribution is 2.21. The zero-order valence-electron chi connectivity index (χ0n) is 8.17. The Bertz CT molecular complexity index is 278. The van der Waals surface area contributed by atoms with Gasteiger partial charge >= 0.3 is 0 Å². The molecule has 0 spiro atoms. The molecule has 0 aromatic heterocycles. The van der Waals surface area contributed by atoms with E-state index in [0.29, 0.717) is 18.5 Å². The Balaban J connectivity index is 2.73. The lowest BCUT2D eigenvalue weighted by Gasteiger charge is -2.14. The average molecular weight is 261 g/mol. The molecule has 0 saturated carbocycles. The van der Waals surface area contributed by atoms with Crippen LogP contribution in [-0.2, 0) is 4.74 Å². The van der Waals surface area contributed by atoms with E-state index in [1.54, 1.807) is 12.1 Å². The fraction of sp³-hybridized carbons (Fsp3) is 0.455. The number of halogens is 2. The zero-order valence-corrected chi connectivity index (χ0v) is 9.76. The van der Waals surface area contributed by atoms with E-state index in [0.717, 1.165) is 5.56 Å². The first-order chi connectivity index (χ1) is 6.79. The average Bonchev–Trinajstić information content (AvgIpc) is 2.21. The molecule has 0 fully saturated rings. The summed E-state index contributed by atoms with van der Waals surface area (Å²) < 4.78 is 18.7. The van der Waals surface area contributed by atoms with Gasteiger partial charge in [-0.15, -0.1) is 0 Å². The maximum atomic E-state index is 13.4. The summed E-state index contributed by atoms with van der Waals surface area (Å²) in [7, 11) is 0. The first-order valence-corrected chi connectivity index (χ1v) is 5.79. The second-order valence-corrected chi connectivity index (χ2v) is 3.68. The van der Waals surface area contributed by atoms with Crippen LogP contribution >= 0.6 is 15.9 Å². The van der Waals surface area contributed by atoms with Crippen molar-refractivity contribution in [2.45, 2.75) is 12.8 Å². The quantitative estimate of drug-likeness (QED) is 0.738. The summed E-state index contributed by atoms with van der Waals surface area (Å²) in [4.78, 5) is 0. The molecule has 0 saturated heterocycles. The smallest absolute Gasteiger partial charge is 0.126 e. The second-order valence-electron chi connectivity index (χ2n) is 3.03. The fourth-order valence-electron chi connectivity index (χ4n) is 1.28. The third-order valence-electron chi connectivity index (χ3n) is 2.05. The summed E-state index contributed by atoms with van der Waals surface area (Å²) in [6.45, 7) is 3.16. The topological polar surface area (TPSA) is 9.23 Å². The molecule has 1 aromatic carbocycles. The van der Waals surface area contributed by atoms with Gasteiger partial charge in [-0.05, 0) is 18.6 Å². The van der Waals surface area contributed by atoms with Crippen LogP contribution in [0.15, 0.2) is 24.3 Å². The van der Waals surface area contributed by atoms with Crippen LogP contribution in [0.3, 0.4) is 0 Å². The summed E-state index contributed by atoms with van der Waals surface area (Å²) in [5.41, 5.74) is 0.720. The van der Waals surface area contributed by atoms with Crippen molar-refractivity contribution in [2.75, 3.05) is 18.5 Å². The van der Waals surface area contributed by atoms with E-state index < -0.39 is 0 Å². The lowest BCUT2D eigenvalue weighted by atomic mass is 10.0. The van der Waals surface area contributed by atoms with Crippen molar-refractivity contribution in [3.63, 3.8) is 0 Å². The predicted octanol–water partition coefficient (Wildman–Crippen LogP) is 3.34. The van der Waals surface area contributed by atoms with Gasteiger partial charge in [0.05, 0.1) is 6.61 Å². The van der Waals surface area contributed by atoms with E-state index >= 15 is 0 Å². The number of hydrogen-bond acceptors (Lipinski definition) is 1. The molecule has 3 heteroatoms. The Hall–Kier alpha value is -0.410. The fourth-order valence-corrected chi connectivity index (χ4v) is 1.82. The summed E-state index contributed by atoms with van der Waals surface area (Å²) in [5.74, 6) is -0.0622. The molecule has 1 nitrogen and oxygen atoms in total. The van der Waals surface area contributed by atoms with Gasteiger partial charge in [0.25, 0.3) is 0 Å². The Labute approximate surface area is 92.4 Å². The molecule has 14 heavy (non-hydrogen) atoms. The number of ether oxygens (including phenoxy) is 1. The van der Waals surface area contributed by atoms with E-state index in [2.05, 4.69) is 15.9 Å². The van der Waals surface area contributed by atoms with Gasteiger partial charge in [0.2, 0.25) is 0 Å². The third kappa shape index (κ3) is 3.07. The predicted molar refractivity (Wildman–Crippen MR) is 59.4 cm³/mol. The van der Waals surface area contributed by atoms with Crippen molar-refractivity contribution in [1.82, 2.24) is 0 Å². The van der Waals surface area contributed by atoms with Crippen LogP contribution in [0.4, 0.5) is 4.39 Å². The van der Waals surface area contributed by atoms with Gasteiger partial charge in [-0.1, -0.05) is 34.1 Å². The maximum Gasteiger partial charge on any atom is 0.126 e. The van der Waals surface area contributed by atoms with Gasteiger partial charge in [0.15, 0.2) is 0 Å². The summed E-state index contributed by atoms with van der Waals surface area (Å²) in [6.07, 6.45) is 0. The highest BCUT2D eigenvalue weighted by molar-refractivity contribution is 9.09. The third-order valence-corrected chi connectivity index (χ3v) is 2.84. The molecule has 0 N–H and O–H groups in total. The highest BCUT2D eigenvalue weighted by atomic mass is 79.9. The Morgan fingerprint density at radius 1 is 1.43 bits per heavy atom. The van der Waals surface area contributed by atoms with E-state index in [4.69, 9.17) is 4.74 Å². The zero-order chi connectivity index (χ0) is 10.4. The van der Waals surface area contributed by atoms with Crippen LogP contribution in [-0.4, -0.2) is 18.5 Å². The van der Waals surface area contributed by atoms with E-state index in [1.165, 1.54) is 6.07 Å². The van der Waals surface area contributed by atoms with E-state index in [-0.39, 0.29) is 11.7 Å². The van der Waals surface area contributed by atoms with Gasteiger partial charge in [-0.25, -0.2) is 4.39 Å². The lowest BCUT2D eigenvalue weighted by molar-refractivity contribution is 0.136. The standard InChI is InChI=1S/C11H14BrFO/c1-2-14-8-9(7-12)10-5-3-4-6-11(10)13/h3-6,9H,2,7-8H2,1H3. The Morgan fingerprint density at radius 2 is 2.14 bits per heavy atom. The number of alkyl halides is 1. The minimum atomic E-state index is -0.156. The van der Waals surface area contributed by atoms with Crippen LogP contribution in [0.1, 0.15) is 18.4 Å². The van der Waals surface area contributed by atoms with Crippen molar-refractivity contribution in [3.8, 4) is 0 Å². The van der Waals surface area contributed by atoms with Gasteiger partial charge in [0.1, 0.15) is 5.82 Å². The number of benzene rings is 1. The molecule has 0 aliphatic rings. The molecular formula is C11H14BrFO. The van der Waals surface area contributed by atoms with Gasteiger partial charge in [-0.3, -0.25) is 0 Å². The van der Waals surface area contributed by atoms with E-state index in [1.807, 2.05) is 13.0 Å². The molecule has 1 rings (SSSR count). The van der Waals surface area contributed by atoms with Crippen molar-refractivity contribution in [1.29, 1.82) is 0 Å². The molecular weight excluding hydrogens is 247 g/mol. The van der Waals surface area contributed by atoms with Crippen LogP contribution in [0.5, 0.6) is 0 Å². The summed E-state index contributed by atoms with van der Waals surface area (Å²) in [6, 6.07) is 6.84. The highest BCUT2D eigenvalue weighted by Gasteiger charge is 2.13. The van der Waals surface area contributed by atoms with Crippen LogP contribution in [0.2, 0.25) is 0 Å². The van der Waals surface area contributed by atoms with Crippen LogP contribution in [0, 0.1) is 5.82 Å².